The Morgan fingerprint density at radius 2 is 1.92 bits per heavy atom. The second-order valence-corrected chi connectivity index (χ2v) is 6.11. The lowest BCUT2D eigenvalue weighted by Gasteiger charge is -2.34. The Hall–Kier alpha value is -2.54. The number of nitrogens with zero attached hydrogens (tertiary/aromatic N) is 2. The van der Waals surface area contributed by atoms with Gasteiger partial charge in [0.1, 0.15) is 6.42 Å². The number of ether oxygens (including phenoxy) is 2. The molecule has 2 heterocycles. The molecule has 1 aromatic rings. The average molecular weight is 345 g/mol. The van der Waals surface area contributed by atoms with Gasteiger partial charge in [-0.1, -0.05) is 12.1 Å². The summed E-state index contributed by atoms with van der Waals surface area (Å²) in [5.41, 5.74) is 1.16. The monoisotopic (exact) mass is 345 g/mol. The van der Waals surface area contributed by atoms with Crippen LogP contribution in [0.1, 0.15) is 12.0 Å². The van der Waals surface area contributed by atoms with Crippen LogP contribution >= 0.6 is 0 Å². The van der Waals surface area contributed by atoms with Gasteiger partial charge in [0.2, 0.25) is 18.6 Å². The Bertz CT molecular complexity index is 654. The minimum atomic E-state index is -0.257. The number of piperazine rings is 1. The molecule has 0 aromatic heterocycles. The zero-order valence-electron chi connectivity index (χ0n) is 14.2. The van der Waals surface area contributed by atoms with Crippen LogP contribution in [-0.2, 0) is 16.1 Å². The Morgan fingerprint density at radius 1 is 1.16 bits per heavy atom. The van der Waals surface area contributed by atoms with Crippen LogP contribution in [0.15, 0.2) is 30.9 Å². The van der Waals surface area contributed by atoms with E-state index in [-0.39, 0.29) is 25.0 Å². The predicted octanol–water partition coefficient (Wildman–Crippen LogP) is 0.752. The zero-order valence-corrected chi connectivity index (χ0v) is 14.2. The van der Waals surface area contributed by atoms with Crippen molar-refractivity contribution in [3.05, 3.63) is 36.4 Å². The second-order valence-electron chi connectivity index (χ2n) is 6.11. The number of carbonyl (C=O) groups is 2. The summed E-state index contributed by atoms with van der Waals surface area (Å²) in [6.07, 6.45) is 1.49. The van der Waals surface area contributed by atoms with Crippen molar-refractivity contribution in [2.75, 3.05) is 39.5 Å². The van der Waals surface area contributed by atoms with Gasteiger partial charge in [0.25, 0.3) is 0 Å². The number of hydrogen-bond donors (Lipinski definition) is 1. The number of carbonyl (C=O) groups excluding carboxylic acids is 2. The summed E-state index contributed by atoms with van der Waals surface area (Å²) in [6, 6.07) is 5.97. The lowest BCUT2D eigenvalue weighted by molar-refractivity contribution is -0.137. The van der Waals surface area contributed by atoms with Crippen molar-refractivity contribution in [1.29, 1.82) is 0 Å². The van der Waals surface area contributed by atoms with Gasteiger partial charge in [-0.15, -0.1) is 6.58 Å². The zero-order chi connectivity index (χ0) is 17.6. The van der Waals surface area contributed by atoms with E-state index >= 15 is 0 Å². The van der Waals surface area contributed by atoms with Gasteiger partial charge in [-0.05, 0) is 17.7 Å². The Morgan fingerprint density at radius 3 is 2.68 bits per heavy atom. The van der Waals surface area contributed by atoms with Crippen molar-refractivity contribution in [2.45, 2.75) is 13.0 Å². The molecule has 0 bridgehead atoms. The van der Waals surface area contributed by atoms with E-state index in [0.29, 0.717) is 19.6 Å². The molecule has 0 atom stereocenters. The van der Waals surface area contributed by atoms with Gasteiger partial charge < -0.3 is 19.7 Å². The van der Waals surface area contributed by atoms with Gasteiger partial charge in [-0.25, -0.2) is 0 Å². The number of fused-ring (bicyclic) bond motifs is 1. The summed E-state index contributed by atoms with van der Waals surface area (Å²) in [7, 11) is 0. The van der Waals surface area contributed by atoms with Crippen LogP contribution in [0.25, 0.3) is 0 Å². The SMILES string of the molecule is C=CCNC(=O)CC(=O)N1CCN(Cc2ccc3c(c2)OCO3)CC1. The topological polar surface area (TPSA) is 71.1 Å². The molecule has 3 rings (SSSR count). The molecule has 1 aromatic carbocycles. The van der Waals surface area contributed by atoms with Crippen molar-refractivity contribution in [3.8, 4) is 11.5 Å². The van der Waals surface area contributed by atoms with E-state index < -0.39 is 0 Å². The molecule has 1 fully saturated rings. The third-order valence-corrected chi connectivity index (χ3v) is 4.32. The summed E-state index contributed by atoms with van der Waals surface area (Å²) in [5, 5.41) is 2.63. The van der Waals surface area contributed by atoms with Gasteiger partial charge in [-0.3, -0.25) is 14.5 Å². The normalized spacial score (nSPS) is 16.6. The molecule has 0 aliphatic carbocycles. The summed E-state index contributed by atoms with van der Waals surface area (Å²) < 4.78 is 10.7. The fourth-order valence-electron chi connectivity index (χ4n) is 2.95. The summed E-state index contributed by atoms with van der Waals surface area (Å²) in [5.74, 6) is 1.20. The van der Waals surface area contributed by atoms with E-state index in [1.807, 2.05) is 18.2 Å². The number of amides is 2. The van der Waals surface area contributed by atoms with Crippen LogP contribution in [-0.4, -0.2) is 61.1 Å². The van der Waals surface area contributed by atoms with Crippen LogP contribution in [0.3, 0.4) is 0 Å². The van der Waals surface area contributed by atoms with Gasteiger partial charge in [-0.2, -0.15) is 0 Å². The number of hydrogen-bond acceptors (Lipinski definition) is 5. The fraction of sp³-hybridized carbons (Fsp3) is 0.444. The number of rotatable bonds is 6. The molecule has 0 saturated carbocycles. The second kappa shape index (κ2) is 8.02. The highest BCUT2D eigenvalue weighted by atomic mass is 16.7. The fourth-order valence-corrected chi connectivity index (χ4v) is 2.95. The van der Waals surface area contributed by atoms with Crippen molar-refractivity contribution < 1.29 is 19.1 Å². The minimum absolute atomic E-state index is 0.101. The molecule has 2 aliphatic rings. The number of benzene rings is 1. The van der Waals surface area contributed by atoms with Crippen LogP contribution in [0.4, 0.5) is 0 Å². The first-order valence-electron chi connectivity index (χ1n) is 8.42. The molecule has 0 unspecified atom stereocenters. The molecule has 7 heteroatoms. The van der Waals surface area contributed by atoms with Crippen LogP contribution in [0, 0.1) is 0 Å². The van der Waals surface area contributed by atoms with Crippen molar-refractivity contribution in [1.82, 2.24) is 15.1 Å². The molecule has 1 N–H and O–H groups in total. The largest absolute Gasteiger partial charge is 0.454 e. The van der Waals surface area contributed by atoms with Crippen molar-refractivity contribution in [3.63, 3.8) is 0 Å². The maximum Gasteiger partial charge on any atom is 0.232 e. The molecule has 7 nitrogen and oxygen atoms in total. The Labute approximate surface area is 147 Å². The van der Waals surface area contributed by atoms with Crippen LogP contribution < -0.4 is 14.8 Å². The summed E-state index contributed by atoms with van der Waals surface area (Å²) >= 11 is 0. The van der Waals surface area contributed by atoms with Crippen LogP contribution in [0.2, 0.25) is 0 Å². The van der Waals surface area contributed by atoms with E-state index in [2.05, 4.69) is 16.8 Å². The van der Waals surface area contributed by atoms with Crippen molar-refractivity contribution >= 4 is 11.8 Å². The van der Waals surface area contributed by atoms with E-state index in [9.17, 15) is 9.59 Å². The quantitative estimate of drug-likeness (QED) is 0.609. The lowest BCUT2D eigenvalue weighted by Crippen LogP contribution is -2.49. The van der Waals surface area contributed by atoms with E-state index in [1.165, 1.54) is 0 Å². The van der Waals surface area contributed by atoms with E-state index in [4.69, 9.17) is 9.47 Å². The highest BCUT2D eigenvalue weighted by Crippen LogP contribution is 2.32. The number of nitrogens with one attached hydrogen (secondary N) is 1. The van der Waals surface area contributed by atoms with Gasteiger partial charge in [0.15, 0.2) is 11.5 Å². The predicted molar refractivity (Wildman–Crippen MR) is 92.2 cm³/mol. The molecular weight excluding hydrogens is 322 g/mol. The first-order chi connectivity index (χ1) is 12.2. The molecule has 0 spiro atoms. The first-order valence-corrected chi connectivity index (χ1v) is 8.42. The molecule has 2 aliphatic heterocycles. The van der Waals surface area contributed by atoms with Gasteiger partial charge >= 0.3 is 0 Å². The third-order valence-electron chi connectivity index (χ3n) is 4.32. The first kappa shape index (κ1) is 17.3. The maximum absolute atomic E-state index is 12.2. The third kappa shape index (κ3) is 4.51. The Balaban J connectivity index is 1.44. The average Bonchev–Trinajstić information content (AvgIpc) is 3.08. The molecular formula is C18H23N3O4. The van der Waals surface area contributed by atoms with E-state index in [1.54, 1.807) is 11.0 Å². The maximum atomic E-state index is 12.2. The molecule has 0 radical (unpaired) electrons. The molecule has 25 heavy (non-hydrogen) atoms. The minimum Gasteiger partial charge on any atom is -0.454 e. The van der Waals surface area contributed by atoms with Crippen molar-refractivity contribution in [2.24, 2.45) is 0 Å². The van der Waals surface area contributed by atoms with Gasteiger partial charge in [0.05, 0.1) is 0 Å². The summed E-state index contributed by atoms with van der Waals surface area (Å²) in [6.45, 7) is 7.85. The molecule has 134 valence electrons. The van der Waals surface area contributed by atoms with E-state index in [0.717, 1.165) is 36.7 Å². The highest BCUT2D eigenvalue weighted by Gasteiger charge is 2.23. The standard InChI is InChI=1S/C18H23N3O4/c1-2-5-19-17(22)11-18(23)21-8-6-20(7-9-21)12-14-3-4-15-16(10-14)25-13-24-15/h2-4,10H,1,5-9,11-13H2,(H,19,22). The van der Waals surface area contributed by atoms with Gasteiger partial charge in [0, 0.05) is 39.3 Å². The molecule has 2 amide bonds. The molecule has 1 saturated heterocycles. The Kier molecular flexibility index (Phi) is 5.55. The smallest absolute Gasteiger partial charge is 0.232 e. The lowest BCUT2D eigenvalue weighted by atomic mass is 10.1. The van der Waals surface area contributed by atoms with Crippen LogP contribution in [0.5, 0.6) is 11.5 Å². The summed E-state index contributed by atoms with van der Waals surface area (Å²) in [4.78, 5) is 27.8. The highest BCUT2D eigenvalue weighted by molar-refractivity contribution is 5.96.